The van der Waals surface area contributed by atoms with Gasteiger partial charge in [-0.1, -0.05) is 0 Å². The monoisotopic (exact) mass is 258 g/mol. The Labute approximate surface area is 103 Å². The van der Waals surface area contributed by atoms with Crippen molar-refractivity contribution in [3.8, 4) is 0 Å². The Morgan fingerprint density at radius 2 is 1.61 bits per heavy atom. The van der Waals surface area contributed by atoms with E-state index in [9.17, 15) is 24.0 Å². The summed E-state index contributed by atoms with van der Waals surface area (Å²) in [5.74, 6) is -5.37. The average molecular weight is 258 g/mol. The van der Waals surface area contributed by atoms with Gasteiger partial charge in [-0.3, -0.25) is 24.0 Å². The largest absolute Gasteiger partial charge is 0.444 e. The molecule has 0 atom stereocenters. The first-order chi connectivity index (χ1) is 8.25. The van der Waals surface area contributed by atoms with Crippen molar-refractivity contribution in [1.82, 2.24) is 5.32 Å². The van der Waals surface area contributed by atoms with Gasteiger partial charge < -0.3 is 15.8 Å². The normalized spacial score (nSPS) is 9.72. The number of hydrogen-bond acceptors (Lipinski definition) is 6. The summed E-state index contributed by atoms with van der Waals surface area (Å²) in [4.78, 5) is 54.6. The molecule has 0 aliphatic carbocycles. The highest BCUT2D eigenvalue weighted by molar-refractivity contribution is 6.15. The molecule has 0 aromatic carbocycles. The summed E-state index contributed by atoms with van der Waals surface area (Å²) >= 11 is 0. The second-order valence-corrected chi connectivity index (χ2v) is 3.51. The minimum absolute atomic E-state index is 0.540. The van der Waals surface area contributed by atoms with Crippen LogP contribution in [-0.2, 0) is 28.7 Å². The van der Waals surface area contributed by atoms with Gasteiger partial charge in [-0.05, 0) is 13.8 Å². The molecule has 0 rings (SSSR count). The lowest BCUT2D eigenvalue weighted by molar-refractivity contribution is -0.155. The number of nitrogens with two attached hydrogens (primary N) is 1. The zero-order chi connectivity index (χ0) is 14.3. The molecule has 0 aromatic heterocycles. The van der Waals surface area contributed by atoms with Crippen molar-refractivity contribution < 1.29 is 28.7 Å². The first-order valence-electron chi connectivity index (χ1n) is 4.98. The third-order valence-electron chi connectivity index (χ3n) is 1.87. The maximum absolute atomic E-state index is 11.3. The quantitative estimate of drug-likeness (QED) is 0.317. The van der Waals surface area contributed by atoms with Crippen LogP contribution < -0.4 is 11.1 Å². The smallest absolute Gasteiger partial charge is 0.325 e. The van der Waals surface area contributed by atoms with Gasteiger partial charge in [-0.15, -0.1) is 0 Å². The molecule has 0 aromatic rings. The molecule has 0 unspecified atom stereocenters. The lowest BCUT2D eigenvalue weighted by Gasteiger charge is -2.10. The van der Waals surface area contributed by atoms with E-state index in [1.165, 1.54) is 0 Å². The van der Waals surface area contributed by atoms with Gasteiger partial charge in [-0.2, -0.15) is 0 Å². The van der Waals surface area contributed by atoms with Crippen LogP contribution in [0.3, 0.4) is 0 Å². The molecule has 0 aliphatic rings. The lowest BCUT2D eigenvalue weighted by atomic mass is 10.0. The van der Waals surface area contributed by atoms with Crippen LogP contribution in [0.2, 0.25) is 0 Å². The van der Waals surface area contributed by atoms with Gasteiger partial charge >= 0.3 is 5.97 Å². The van der Waals surface area contributed by atoms with Gasteiger partial charge in [0.25, 0.3) is 0 Å². The first-order valence-corrected chi connectivity index (χ1v) is 4.98. The zero-order valence-electron chi connectivity index (χ0n) is 10.0. The van der Waals surface area contributed by atoms with Crippen molar-refractivity contribution in [1.29, 1.82) is 0 Å². The lowest BCUT2D eigenvalue weighted by Crippen LogP contribution is -2.35. The number of primary amides is 1. The highest BCUT2D eigenvalue weighted by atomic mass is 16.5. The fraction of sp³-hybridized carbons (Fsp3) is 0.500. The van der Waals surface area contributed by atoms with E-state index < -0.39 is 48.4 Å². The number of carbonyl (C=O) groups is 5. The summed E-state index contributed by atoms with van der Waals surface area (Å²) in [5.41, 5.74) is 4.76. The Morgan fingerprint density at radius 3 is 2.00 bits per heavy atom. The molecule has 0 bridgehead atoms. The number of hydrogen-bond donors (Lipinski definition) is 2. The van der Waals surface area contributed by atoms with E-state index in [1.807, 2.05) is 0 Å². The molecular formula is C10H14N2O6. The molecular weight excluding hydrogens is 244 g/mol. The van der Waals surface area contributed by atoms with E-state index in [0.717, 1.165) is 13.8 Å². The van der Waals surface area contributed by atoms with Crippen LogP contribution in [0.1, 0.15) is 20.3 Å². The second kappa shape index (κ2) is 7.15. The van der Waals surface area contributed by atoms with Crippen LogP contribution >= 0.6 is 0 Å². The predicted molar refractivity (Wildman–Crippen MR) is 57.8 cm³/mol. The molecule has 8 heteroatoms. The Hall–Kier alpha value is -2.25. The van der Waals surface area contributed by atoms with Gasteiger partial charge in [0.2, 0.25) is 11.8 Å². The first kappa shape index (κ1) is 15.8. The Morgan fingerprint density at radius 1 is 1.11 bits per heavy atom. The molecule has 0 saturated heterocycles. The SMILES string of the molecule is CC(=O)C(C(C)=O)C(=O)OCNC(=O)CC(N)=O. The number of esters is 1. The molecule has 0 radical (unpaired) electrons. The van der Waals surface area contributed by atoms with Crippen LogP contribution in [0.15, 0.2) is 0 Å². The molecule has 0 aliphatic heterocycles. The van der Waals surface area contributed by atoms with Gasteiger partial charge in [0.1, 0.15) is 6.42 Å². The summed E-state index contributed by atoms with van der Waals surface area (Å²) < 4.78 is 4.51. The van der Waals surface area contributed by atoms with E-state index in [1.54, 1.807) is 0 Å². The van der Waals surface area contributed by atoms with Crippen molar-refractivity contribution in [3.05, 3.63) is 0 Å². The fourth-order valence-electron chi connectivity index (χ4n) is 1.11. The molecule has 18 heavy (non-hydrogen) atoms. The molecule has 0 fully saturated rings. The predicted octanol–water partition coefficient (Wildman–Crippen LogP) is -1.73. The summed E-state index contributed by atoms with van der Waals surface area (Å²) in [6, 6.07) is 0. The van der Waals surface area contributed by atoms with Crippen LogP contribution in [0.5, 0.6) is 0 Å². The molecule has 0 heterocycles. The number of Topliss-reactive ketones (excluding diaryl/α,β-unsaturated/α-hetero) is 2. The number of rotatable bonds is 7. The third-order valence-corrected chi connectivity index (χ3v) is 1.87. The average Bonchev–Trinajstić information content (AvgIpc) is 2.14. The van der Waals surface area contributed by atoms with Crippen molar-refractivity contribution in [2.45, 2.75) is 20.3 Å². The number of ether oxygens (including phenoxy) is 1. The van der Waals surface area contributed by atoms with Gasteiger partial charge in [0.05, 0.1) is 0 Å². The van der Waals surface area contributed by atoms with Gasteiger partial charge in [0, 0.05) is 0 Å². The maximum Gasteiger partial charge on any atom is 0.325 e. The van der Waals surface area contributed by atoms with E-state index in [4.69, 9.17) is 5.73 Å². The van der Waals surface area contributed by atoms with Crippen LogP contribution in [-0.4, -0.2) is 36.1 Å². The standard InChI is InChI=1S/C10H14N2O6/c1-5(13)9(6(2)14)10(17)18-4-12-8(16)3-7(11)15/h9H,3-4H2,1-2H3,(H2,11,15)(H,12,16). The minimum Gasteiger partial charge on any atom is -0.444 e. The molecule has 0 saturated carbocycles. The van der Waals surface area contributed by atoms with Crippen molar-refractivity contribution in [2.24, 2.45) is 11.7 Å². The zero-order valence-corrected chi connectivity index (χ0v) is 10.0. The van der Waals surface area contributed by atoms with Crippen molar-refractivity contribution in [3.63, 3.8) is 0 Å². The Balaban J connectivity index is 4.18. The van der Waals surface area contributed by atoms with Crippen molar-refractivity contribution in [2.75, 3.05) is 6.73 Å². The summed E-state index contributed by atoms with van der Waals surface area (Å²) in [6.07, 6.45) is -0.541. The number of ketones is 2. The third kappa shape index (κ3) is 5.73. The highest BCUT2D eigenvalue weighted by Crippen LogP contribution is 2.03. The van der Waals surface area contributed by atoms with Crippen LogP contribution in [0.25, 0.3) is 0 Å². The van der Waals surface area contributed by atoms with E-state index in [2.05, 4.69) is 10.1 Å². The Kier molecular flexibility index (Phi) is 6.26. The highest BCUT2D eigenvalue weighted by Gasteiger charge is 2.29. The van der Waals surface area contributed by atoms with Gasteiger partial charge in [-0.25, -0.2) is 0 Å². The molecule has 0 spiro atoms. The topological polar surface area (TPSA) is 133 Å². The van der Waals surface area contributed by atoms with Crippen molar-refractivity contribution >= 4 is 29.4 Å². The summed E-state index contributed by atoms with van der Waals surface area (Å²) in [7, 11) is 0. The van der Waals surface area contributed by atoms with Crippen LogP contribution in [0.4, 0.5) is 0 Å². The Bertz CT molecular complexity index is 376. The fourth-order valence-corrected chi connectivity index (χ4v) is 1.11. The second-order valence-electron chi connectivity index (χ2n) is 3.51. The van der Waals surface area contributed by atoms with E-state index in [-0.39, 0.29) is 0 Å². The summed E-state index contributed by atoms with van der Waals surface area (Å²) in [6.45, 7) is 1.63. The minimum atomic E-state index is -1.49. The number of nitrogens with one attached hydrogen (secondary N) is 1. The molecule has 2 amide bonds. The molecule has 100 valence electrons. The van der Waals surface area contributed by atoms with E-state index >= 15 is 0 Å². The number of carbonyl (C=O) groups excluding carboxylic acids is 5. The van der Waals surface area contributed by atoms with Crippen LogP contribution in [0, 0.1) is 5.92 Å². The summed E-state index contributed by atoms with van der Waals surface area (Å²) in [5, 5.41) is 2.07. The molecule has 3 N–H and O–H groups in total. The maximum atomic E-state index is 11.3. The molecule has 8 nitrogen and oxygen atoms in total. The number of amides is 2. The van der Waals surface area contributed by atoms with Gasteiger partial charge in [0.15, 0.2) is 24.2 Å². The van der Waals surface area contributed by atoms with E-state index in [0.29, 0.717) is 0 Å².